The quantitative estimate of drug-likeness (QED) is 0.386. The van der Waals surface area contributed by atoms with Crippen LogP contribution in [0.15, 0.2) is 34.8 Å². The summed E-state index contributed by atoms with van der Waals surface area (Å²) in [6.45, 7) is 4.16. The first kappa shape index (κ1) is 20.5. The molecule has 2 heterocycles. The molecular weight excluding hydrogens is 492 g/mol. The maximum atomic E-state index is 6.13. The summed E-state index contributed by atoms with van der Waals surface area (Å²) in [5, 5.41) is 4.36. The maximum Gasteiger partial charge on any atom is 0.191 e. The molecule has 0 amide bonds. The molecule has 0 aliphatic carbocycles. The van der Waals surface area contributed by atoms with E-state index in [1.54, 1.807) is 17.4 Å². The summed E-state index contributed by atoms with van der Waals surface area (Å²) in [4.78, 5) is 13.2. The molecule has 0 unspecified atom stereocenters. The molecule has 1 aliphatic heterocycles. The Bertz CT molecular complexity index is 682. The largest absolute Gasteiger partial charge is 0.370 e. The number of rotatable bonds is 4. The lowest BCUT2D eigenvalue weighted by molar-refractivity contribution is 0.380. The zero-order chi connectivity index (χ0) is 16.9. The van der Waals surface area contributed by atoms with Crippen LogP contribution >= 0.6 is 58.5 Å². The second-order valence-corrected chi connectivity index (χ2v) is 7.30. The van der Waals surface area contributed by atoms with Gasteiger partial charge in [-0.3, -0.25) is 4.99 Å². The van der Waals surface area contributed by atoms with Gasteiger partial charge < -0.3 is 15.5 Å². The Kier molecular flexibility index (Phi) is 8.05. The van der Waals surface area contributed by atoms with Crippen LogP contribution in [0.4, 0.5) is 5.13 Å². The van der Waals surface area contributed by atoms with Gasteiger partial charge in [0, 0.05) is 54.3 Å². The van der Waals surface area contributed by atoms with E-state index in [2.05, 4.69) is 19.8 Å². The van der Waals surface area contributed by atoms with Crippen molar-refractivity contribution in [3.63, 3.8) is 0 Å². The number of anilines is 1. The lowest BCUT2D eigenvalue weighted by Gasteiger charge is -2.35. The van der Waals surface area contributed by atoms with E-state index in [-0.39, 0.29) is 24.0 Å². The van der Waals surface area contributed by atoms with Gasteiger partial charge >= 0.3 is 0 Å². The number of aromatic nitrogens is 1. The first-order chi connectivity index (χ1) is 11.6. The molecule has 25 heavy (non-hydrogen) atoms. The van der Waals surface area contributed by atoms with E-state index in [9.17, 15) is 0 Å². The van der Waals surface area contributed by atoms with Crippen molar-refractivity contribution in [2.75, 3.05) is 37.6 Å². The highest BCUT2D eigenvalue weighted by Crippen LogP contribution is 2.20. The van der Waals surface area contributed by atoms with Crippen molar-refractivity contribution >= 4 is 69.6 Å². The molecule has 1 aliphatic rings. The summed E-state index contributed by atoms with van der Waals surface area (Å²) in [7, 11) is 0. The summed E-state index contributed by atoms with van der Waals surface area (Å²) in [5.41, 5.74) is 7.20. The van der Waals surface area contributed by atoms with E-state index in [0.29, 0.717) is 22.5 Å². The lowest BCUT2D eigenvalue weighted by Crippen LogP contribution is -2.51. The molecule has 136 valence electrons. The fourth-order valence-corrected chi connectivity index (χ4v) is 3.92. The number of guanidine groups is 1. The first-order valence-electron chi connectivity index (χ1n) is 7.76. The van der Waals surface area contributed by atoms with Crippen LogP contribution < -0.4 is 10.6 Å². The number of nitrogens with two attached hydrogens (primary N) is 1. The molecule has 1 saturated heterocycles. The van der Waals surface area contributed by atoms with Crippen LogP contribution in [0, 0.1) is 0 Å². The van der Waals surface area contributed by atoms with Crippen molar-refractivity contribution in [3.8, 4) is 0 Å². The molecule has 2 aromatic rings. The Labute approximate surface area is 178 Å². The highest BCUT2D eigenvalue weighted by Gasteiger charge is 2.19. The van der Waals surface area contributed by atoms with Crippen LogP contribution in [0.1, 0.15) is 5.56 Å². The minimum absolute atomic E-state index is 0. The van der Waals surface area contributed by atoms with Crippen LogP contribution in [0.5, 0.6) is 0 Å². The Morgan fingerprint density at radius 1 is 1.16 bits per heavy atom. The number of piperazine rings is 1. The molecular formula is C16H20Cl2IN5S. The molecule has 3 rings (SSSR count). The highest BCUT2D eigenvalue weighted by molar-refractivity contribution is 14.0. The Hall–Kier alpha value is -0.770. The zero-order valence-corrected chi connectivity index (χ0v) is 18.2. The molecule has 1 fully saturated rings. The van der Waals surface area contributed by atoms with Gasteiger partial charge in [-0.05, 0) is 30.2 Å². The maximum absolute atomic E-state index is 6.13. The number of hydrogen-bond donors (Lipinski definition) is 1. The zero-order valence-electron chi connectivity index (χ0n) is 13.6. The van der Waals surface area contributed by atoms with E-state index in [1.807, 2.05) is 23.7 Å². The number of halogens is 3. The average Bonchev–Trinajstić information content (AvgIpc) is 3.08. The van der Waals surface area contributed by atoms with Crippen LogP contribution in [0.2, 0.25) is 10.0 Å². The summed E-state index contributed by atoms with van der Waals surface area (Å²) in [6.07, 6.45) is 2.60. The van der Waals surface area contributed by atoms with E-state index in [1.165, 1.54) is 0 Å². The molecule has 5 nitrogen and oxygen atoms in total. The summed E-state index contributed by atoms with van der Waals surface area (Å²) in [5.74, 6) is 0.599. The Balaban J connectivity index is 0.00000225. The number of nitrogens with zero attached hydrogens (tertiary/aromatic N) is 4. The van der Waals surface area contributed by atoms with Crippen LogP contribution in [0.25, 0.3) is 0 Å². The number of thiazole rings is 1. The smallest absolute Gasteiger partial charge is 0.191 e. The van der Waals surface area contributed by atoms with Crippen LogP contribution in [-0.4, -0.2) is 48.6 Å². The molecule has 2 N–H and O–H groups in total. The van der Waals surface area contributed by atoms with Crippen LogP contribution in [-0.2, 0) is 6.42 Å². The minimum atomic E-state index is 0. The van der Waals surface area contributed by atoms with Gasteiger partial charge in [0.15, 0.2) is 11.1 Å². The van der Waals surface area contributed by atoms with Gasteiger partial charge in [0.1, 0.15) is 0 Å². The highest BCUT2D eigenvalue weighted by atomic mass is 127. The predicted octanol–water partition coefficient (Wildman–Crippen LogP) is 3.75. The summed E-state index contributed by atoms with van der Waals surface area (Å²) >= 11 is 13.7. The van der Waals surface area contributed by atoms with E-state index < -0.39 is 0 Å². The minimum Gasteiger partial charge on any atom is -0.370 e. The van der Waals surface area contributed by atoms with Crippen molar-refractivity contribution in [1.29, 1.82) is 0 Å². The predicted molar refractivity (Wildman–Crippen MR) is 118 cm³/mol. The second kappa shape index (κ2) is 9.80. The second-order valence-electron chi connectivity index (χ2n) is 5.56. The SMILES string of the molecule is I.NC(=NCCc1cc(Cl)cc(Cl)c1)N1CCN(c2nccs2)CC1. The number of aliphatic imine (C=N–C) groups is 1. The molecule has 0 spiro atoms. The van der Waals surface area contributed by atoms with Crippen molar-refractivity contribution in [2.45, 2.75) is 6.42 Å². The number of hydrogen-bond acceptors (Lipinski definition) is 4. The molecule has 1 aromatic heterocycles. The van der Waals surface area contributed by atoms with Crippen LogP contribution in [0.3, 0.4) is 0 Å². The van der Waals surface area contributed by atoms with Crippen molar-refractivity contribution < 1.29 is 0 Å². The van der Waals surface area contributed by atoms with Crippen molar-refractivity contribution in [3.05, 3.63) is 45.4 Å². The van der Waals surface area contributed by atoms with E-state index in [0.717, 1.165) is 43.3 Å². The molecule has 0 saturated carbocycles. The topological polar surface area (TPSA) is 57.8 Å². The lowest BCUT2D eigenvalue weighted by atomic mass is 10.1. The van der Waals surface area contributed by atoms with Crippen molar-refractivity contribution in [2.24, 2.45) is 10.7 Å². The molecule has 9 heteroatoms. The molecule has 0 atom stereocenters. The third-order valence-electron chi connectivity index (χ3n) is 3.89. The normalized spacial score (nSPS) is 15.2. The molecule has 0 radical (unpaired) electrons. The van der Waals surface area contributed by atoms with Gasteiger partial charge in [-0.15, -0.1) is 35.3 Å². The number of benzene rings is 1. The molecule has 0 bridgehead atoms. The van der Waals surface area contributed by atoms with Gasteiger partial charge in [-0.25, -0.2) is 4.98 Å². The van der Waals surface area contributed by atoms with Gasteiger partial charge in [0.05, 0.1) is 0 Å². The van der Waals surface area contributed by atoms with Gasteiger partial charge in [-0.2, -0.15) is 0 Å². The van der Waals surface area contributed by atoms with Gasteiger partial charge in [-0.1, -0.05) is 23.2 Å². The fraction of sp³-hybridized carbons (Fsp3) is 0.375. The third-order valence-corrected chi connectivity index (χ3v) is 5.16. The summed E-state index contributed by atoms with van der Waals surface area (Å²) < 4.78 is 0. The summed E-state index contributed by atoms with van der Waals surface area (Å²) in [6, 6.07) is 5.55. The monoisotopic (exact) mass is 511 g/mol. The van der Waals surface area contributed by atoms with E-state index >= 15 is 0 Å². The fourth-order valence-electron chi connectivity index (χ4n) is 2.65. The average molecular weight is 512 g/mol. The standard InChI is InChI=1S/C16H19Cl2N5S.HI/c17-13-9-12(10-14(18)11-13)1-2-20-15(19)22-4-6-23(7-5-22)16-21-3-8-24-16;/h3,8-11H,1-2,4-7H2,(H2,19,20);1H. The molecule has 1 aromatic carbocycles. The Morgan fingerprint density at radius 3 is 2.44 bits per heavy atom. The van der Waals surface area contributed by atoms with Gasteiger partial charge in [0.25, 0.3) is 0 Å². The Morgan fingerprint density at radius 2 is 1.84 bits per heavy atom. The van der Waals surface area contributed by atoms with E-state index in [4.69, 9.17) is 28.9 Å². The van der Waals surface area contributed by atoms with Crippen molar-refractivity contribution in [1.82, 2.24) is 9.88 Å². The first-order valence-corrected chi connectivity index (χ1v) is 9.39. The third kappa shape index (κ3) is 5.87. The van der Waals surface area contributed by atoms with Gasteiger partial charge in [0.2, 0.25) is 0 Å².